The lowest BCUT2D eigenvalue weighted by atomic mass is 10.2. The average molecular weight is 290 g/mol. The van der Waals surface area contributed by atoms with Crippen LogP contribution in [-0.4, -0.2) is 16.1 Å². The molecule has 108 valence electrons. The molecule has 0 aliphatic carbocycles. The van der Waals surface area contributed by atoms with E-state index in [1.165, 1.54) is 12.1 Å². The molecular weight excluding hydrogens is 278 g/mol. The smallest absolute Gasteiger partial charge is 0.256 e. The maximum atomic E-state index is 14.1. The Labute approximate surface area is 120 Å². The maximum Gasteiger partial charge on any atom is 0.256 e. The van der Waals surface area contributed by atoms with Gasteiger partial charge < -0.3 is 10.1 Å². The fraction of sp³-hybridized carbons (Fsp3) is 0.214. The van der Waals surface area contributed by atoms with E-state index in [-0.39, 0.29) is 29.2 Å². The van der Waals surface area contributed by atoms with Crippen molar-refractivity contribution in [2.24, 2.45) is 0 Å². The van der Waals surface area contributed by atoms with Gasteiger partial charge >= 0.3 is 0 Å². The summed E-state index contributed by atoms with van der Waals surface area (Å²) in [6.45, 7) is 10.3. The molecule has 2 aromatic rings. The summed E-state index contributed by atoms with van der Waals surface area (Å²) in [5.41, 5.74) is 0.167. The van der Waals surface area contributed by atoms with Gasteiger partial charge in [-0.1, -0.05) is 6.07 Å². The van der Waals surface area contributed by atoms with Crippen molar-refractivity contribution in [3.05, 3.63) is 47.6 Å². The lowest BCUT2D eigenvalue weighted by Gasteiger charge is -2.12. The summed E-state index contributed by atoms with van der Waals surface area (Å²) < 4.78 is 33.1. The number of aromatic nitrogens is 2. The van der Waals surface area contributed by atoms with Crippen LogP contribution in [0.25, 0.3) is 4.85 Å². The highest BCUT2D eigenvalue weighted by atomic mass is 19.1. The van der Waals surface area contributed by atoms with Crippen molar-refractivity contribution in [1.29, 1.82) is 0 Å². The number of halogens is 2. The molecule has 7 heteroatoms. The van der Waals surface area contributed by atoms with Gasteiger partial charge in [0.25, 0.3) is 5.88 Å². The van der Waals surface area contributed by atoms with Crippen LogP contribution in [-0.2, 0) is 0 Å². The molecule has 0 atom stereocenters. The van der Waals surface area contributed by atoms with Crippen LogP contribution >= 0.6 is 0 Å². The van der Waals surface area contributed by atoms with Crippen LogP contribution in [0.2, 0.25) is 0 Å². The van der Waals surface area contributed by atoms with Crippen LogP contribution < -0.4 is 10.1 Å². The molecule has 0 aliphatic rings. The van der Waals surface area contributed by atoms with Crippen LogP contribution in [0.4, 0.5) is 26.0 Å². The molecule has 1 aromatic carbocycles. The van der Waals surface area contributed by atoms with Crippen molar-refractivity contribution in [3.63, 3.8) is 0 Å². The zero-order valence-electron chi connectivity index (χ0n) is 11.4. The Balaban J connectivity index is 2.30. The van der Waals surface area contributed by atoms with E-state index in [0.717, 1.165) is 12.4 Å². The summed E-state index contributed by atoms with van der Waals surface area (Å²) in [4.78, 5) is 10.5. The van der Waals surface area contributed by atoms with Gasteiger partial charge in [0.2, 0.25) is 5.82 Å². The maximum absolute atomic E-state index is 14.1. The van der Waals surface area contributed by atoms with Gasteiger partial charge in [0.15, 0.2) is 11.5 Å². The molecule has 0 saturated carbocycles. The monoisotopic (exact) mass is 290 g/mol. The molecule has 1 aromatic heterocycles. The second-order valence-corrected chi connectivity index (χ2v) is 4.41. The Hall–Kier alpha value is -2.75. The number of rotatable bonds is 4. The first-order valence-electron chi connectivity index (χ1n) is 6.12. The molecule has 0 bridgehead atoms. The minimum atomic E-state index is -0.806. The Bertz CT molecular complexity index is 698. The van der Waals surface area contributed by atoms with Crippen molar-refractivity contribution in [2.75, 3.05) is 5.32 Å². The highest BCUT2D eigenvalue weighted by molar-refractivity contribution is 5.62. The first-order valence-corrected chi connectivity index (χ1v) is 6.12. The van der Waals surface area contributed by atoms with Crippen molar-refractivity contribution < 1.29 is 13.5 Å². The molecule has 0 amide bonds. The Morgan fingerprint density at radius 2 is 2.05 bits per heavy atom. The van der Waals surface area contributed by atoms with Gasteiger partial charge in [0.05, 0.1) is 18.4 Å². The Morgan fingerprint density at radius 1 is 1.29 bits per heavy atom. The third kappa shape index (κ3) is 3.42. The van der Waals surface area contributed by atoms with E-state index in [0.29, 0.717) is 0 Å². The molecule has 2 rings (SSSR count). The van der Waals surface area contributed by atoms with Crippen molar-refractivity contribution in [3.8, 4) is 5.88 Å². The fourth-order valence-corrected chi connectivity index (χ4v) is 1.55. The Kier molecular flexibility index (Phi) is 4.28. The molecule has 0 saturated heterocycles. The molecular formula is C14H12F2N4O. The topological polar surface area (TPSA) is 51.4 Å². The van der Waals surface area contributed by atoms with E-state index < -0.39 is 11.6 Å². The van der Waals surface area contributed by atoms with Crippen molar-refractivity contribution >= 4 is 17.2 Å². The van der Waals surface area contributed by atoms with E-state index in [2.05, 4.69) is 20.1 Å². The third-order valence-corrected chi connectivity index (χ3v) is 2.44. The predicted octanol–water partition coefficient (Wildman–Crippen LogP) is 3.84. The van der Waals surface area contributed by atoms with Gasteiger partial charge in [-0.05, 0) is 26.0 Å². The van der Waals surface area contributed by atoms with E-state index in [4.69, 9.17) is 11.3 Å². The van der Waals surface area contributed by atoms with E-state index >= 15 is 0 Å². The number of hydrogen-bond acceptors (Lipinski definition) is 4. The molecule has 5 nitrogen and oxygen atoms in total. The predicted molar refractivity (Wildman–Crippen MR) is 73.7 cm³/mol. The number of benzene rings is 1. The van der Waals surface area contributed by atoms with Crippen LogP contribution in [0.15, 0.2) is 24.5 Å². The molecule has 0 unspecified atom stereocenters. The zero-order valence-corrected chi connectivity index (χ0v) is 11.4. The van der Waals surface area contributed by atoms with Crippen molar-refractivity contribution in [2.45, 2.75) is 20.0 Å². The van der Waals surface area contributed by atoms with E-state index in [1.54, 1.807) is 13.8 Å². The first-order chi connectivity index (χ1) is 10.0. The third-order valence-electron chi connectivity index (χ3n) is 2.44. The minimum absolute atomic E-state index is 0.00972. The normalized spacial score (nSPS) is 10.3. The van der Waals surface area contributed by atoms with E-state index in [9.17, 15) is 8.78 Å². The lowest BCUT2D eigenvalue weighted by molar-refractivity contribution is 0.220. The highest BCUT2D eigenvalue weighted by Crippen LogP contribution is 2.27. The van der Waals surface area contributed by atoms with Gasteiger partial charge in [-0.25, -0.2) is 14.2 Å². The van der Waals surface area contributed by atoms with Gasteiger partial charge in [0.1, 0.15) is 12.1 Å². The van der Waals surface area contributed by atoms with Crippen LogP contribution in [0.1, 0.15) is 13.8 Å². The fourth-order valence-electron chi connectivity index (χ4n) is 1.55. The largest absolute Gasteiger partial charge is 0.473 e. The molecule has 0 spiro atoms. The number of hydrogen-bond donors (Lipinski definition) is 1. The minimum Gasteiger partial charge on any atom is -0.473 e. The average Bonchev–Trinajstić information content (AvgIpc) is 2.44. The lowest BCUT2D eigenvalue weighted by Crippen LogP contribution is -2.10. The summed E-state index contributed by atoms with van der Waals surface area (Å²) in [5, 5.41) is 2.52. The zero-order chi connectivity index (χ0) is 15.4. The Morgan fingerprint density at radius 3 is 2.67 bits per heavy atom. The SMILES string of the molecule is [C-]#[N+]c1ccc(Nc2ncnc(OC(C)C)c2F)c(F)c1. The summed E-state index contributed by atoms with van der Waals surface area (Å²) in [5.74, 6) is -1.89. The standard InChI is InChI=1S/C14H12F2N4O/c1-8(2)21-14-12(16)13(18-7-19-14)20-11-5-4-9(17-3)6-10(11)15/h4-8H,1-2H3,(H,18,19,20). The molecule has 1 heterocycles. The molecule has 1 N–H and O–H groups in total. The molecule has 0 radical (unpaired) electrons. The quantitative estimate of drug-likeness (QED) is 0.869. The number of nitrogens with one attached hydrogen (secondary N) is 1. The van der Waals surface area contributed by atoms with Gasteiger partial charge in [-0.3, -0.25) is 0 Å². The summed E-state index contributed by atoms with van der Waals surface area (Å²) in [7, 11) is 0. The number of nitrogens with zero attached hydrogens (tertiary/aromatic N) is 3. The summed E-state index contributed by atoms with van der Waals surface area (Å²) in [6.07, 6.45) is 0.867. The van der Waals surface area contributed by atoms with Gasteiger partial charge in [-0.2, -0.15) is 9.37 Å². The summed E-state index contributed by atoms with van der Waals surface area (Å²) >= 11 is 0. The van der Waals surface area contributed by atoms with Crippen LogP contribution in [0.3, 0.4) is 0 Å². The molecule has 21 heavy (non-hydrogen) atoms. The second-order valence-electron chi connectivity index (χ2n) is 4.41. The van der Waals surface area contributed by atoms with Gasteiger partial charge in [0, 0.05) is 0 Å². The van der Waals surface area contributed by atoms with Gasteiger partial charge in [-0.15, -0.1) is 0 Å². The van der Waals surface area contributed by atoms with Crippen molar-refractivity contribution in [1.82, 2.24) is 9.97 Å². The number of ether oxygens (including phenoxy) is 1. The number of anilines is 2. The molecule has 0 aliphatic heterocycles. The van der Waals surface area contributed by atoms with E-state index in [1.807, 2.05) is 0 Å². The second kappa shape index (κ2) is 6.13. The summed E-state index contributed by atoms with van der Waals surface area (Å²) in [6, 6.07) is 3.82. The highest BCUT2D eigenvalue weighted by Gasteiger charge is 2.15. The van der Waals surface area contributed by atoms with Crippen LogP contribution in [0.5, 0.6) is 5.88 Å². The first kappa shape index (κ1) is 14.7. The van der Waals surface area contributed by atoms with Crippen LogP contribution in [0, 0.1) is 18.2 Å². The molecule has 0 fully saturated rings.